The van der Waals surface area contributed by atoms with E-state index in [4.69, 9.17) is 9.31 Å². The molecule has 6 nitrogen and oxygen atoms in total. The van der Waals surface area contributed by atoms with E-state index in [1.807, 2.05) is 66.7 Å². The molecule has 0 atom stereocenters. The van der Waals surface area contributed by atoms with Crippen molar-refractivity contribution in [3.8, 4) is 0 Å². The van der Waals surface area contributed by atoms with Crippen LogP contribution in [0.25, 0.3) is 0 Å². The molecule has 60 heavy (non-hydrogen) atoms. The van der Waals surface area contributed by atoms with E-state index in [1.54, 1.807) is 53.9 Å². The van der Waals surface area contributed by atoms with E-state index in [9.17, 15) is 16.8 Å². The molecular weight excluding hydrogens is 979 g/mol. The predicted molar refractivity (Wildman–Crippen MR) is 269 cm³/mol. The second-order valence-electron chi connectivity index (χ2n) is 15.5. The minimum absolute atomic E-state index is 0.331. The quantitative estimate of drug-likeness (QED) is 0.106. The molecule has 326 valence electrons. The van der Waals surface area contributed by atoms with Gasteiger partial charge in [-0.05, 0) is 182 Å². The van der Waals surface area contributed by atoms with E-state index in [2.05, 4.69) is 126 Å². The van der Waals surface area contributed by atoms with Crippen molar-refractivity contribution in [1.82, 2.24) is 0 Å². The standard InChI is InChI=1S/C15H23BO4S.C8H9BrO2S.C8H9BrS.C8H10S.C7H8S/c1-10-8-12(21(7,17)18)9-11(2)13(10)16-19-14(3,4)15(5,6)20-16;1-6-5-7(12(2,10)11)3-4-8(6)9;1-6-5-7(10-2)3-4-8(6)9;1-7-4-3-5-8(6-7)9-2;1-6-3-2-4-7(8)5-6/h8-9H,1-7H3;3-5H,1-2H3;3-5H,1-2H3;3-6H,1-2H3;2-5,8H,1H3. The molecule has 5 aromatic rings. The Bertz CT molecular complexity index is 2380. The molecule has 1 aliphatic heterocycles. The lowest BCUT2D eigenvalue weighted by atomic mass is 9.73. The first kappa shape index (κ1) is 54.1. The molecule has 5 aromatic carbocycles. The summed E-state index contributed by atoms with van der Waals surface area (Å²) in [6.45, 7) is 19.9. The van der Waals surface area contributed by atoms with Crippen molar-refractivity contribution < 1.29 is 26.1 Å². The van der Waals surface area contributed by atoms with E-state index >= 15 is 0 Å². The first-order chi connectivity index (χ1) is 27.6. The summed E-state index contributed by atoms with van der Waals surface area (Å²) in [7, 11) is -6.75. The highest BCUT2D eigenvalue weighted by molar-refractivity contribution is 9.10. The Morgan fingerprint density at radius 3 is 1.33 bits per heavy atom. The van der Waals surface area contributed by atoms with Crippen molar-refractivity contribution >= 4 is 100 Å². The Labute approximate surface area is 392 Å². The van der Waals surface area contributed by atoms with Crippen molar-refractivity contribution in [2.45, 2.75) is 105 Å². The van der Waals surface area contributed by atoms with E-state index in [0.29, 0.717) is 9.79 Å². The number of thiol groups is 1. The Morgan fingerprint density at radius 1 is 0.550 bits per heavy atom. The summed E-state index contributed by atoms with van der Waals surface area (Å²) in [6, 6.07) is 31.3. The molecule has 0 radical (unpaired) electrons. The molecule has 0 amide bonds. The molecule has 0 bridgehead atoms. The Balaban J connectivity index is 0.000000273. The van der Waals surface area contributed by atoms with Gasteiger partial charge in [-0.1, -0.05) is 67.3 Å². The third kappa shape index (κ3) is 17.3. The van der Waals surface area contributed by atoms with Gasteiger partial charge in [0, 0.05) is 36.1 Å². The highest BCUT2D eigenvalue weighted by Gasteiger charge is 2.52. The molecule has 1 heterocycles. The van der Waals surface area contributed by atoms with Gasteiger partial charge < -0.3 is 9.31 Å². The van der Waals surface area contributed by atoms with Crippen molar-refractivity contribution in [1.29, 1.82) is 0 Å². The molecule has 6 rings (SSSR count). The van der Waals surface area contributed by atoms with Crippen LogP contribution in [0.4, 0.5) is 0 Å². The minimum Gasteiger partial charge on any atom is -0.399 e. The average molecular weight is 1040 g/mol. The highest BCUT2D eigenvalue weighted by Crippen LogP contribution is 2.37. The fourth-order valence-electron chi connectivity index (χ4n) is 5.44. The summed E-state index contributed by atoms with van der Waals surface area (Å²) in [5.74, 6) is 0. The Kier molecular flexibility index (Phi) is 21.3. The molecule has 0 unspecified atom stereocenters. The second-order valence-corrected chi connectivity index (χ2v) is 23.5. The zero-order valence-corrected chi connectivity index (χ0v) is 44.4. The zero-order chi connectivity index (χ0) is 45.8. The van der Waals surface area contributed by atoms with Gasteiger partial charge in [0.2, 0.25) is 0 Å². The summed E-state index contributed by atoms with van der Waals surface area (Å²) < 4.78 is 59.8. The van der Waals surface area contributed by atoms with Gasteiger partial charge in [0.15, 0.2) is 19.7 Å². The normalized spacial score (nSPS) is 13.9. The fraction of sp³-hybridized carbons (Fsp3) is 0.348. The van der Waals surface area contributed by atoms with Crippen LogP contribution in [-0.4, -0.2) is 60.2 Å². The second kappa shape index (κ2) is 23.6. The lowest BCUT2D eigenvalue weighted by molar-refractivity contribution is 0.00578. The van der Waals surface area contributed by atoms with Crippen LogP contribution in [0.15, 0.2) is 130 Å². The lowest BCUT2D eigenvalue weighted by Crippen LogP contribution is -2.41. The van der Waals surface area contributed by atoms with Crippen LogP contribution in [0.1, 0.15) is 61.1 Å². The topological polar surface area (TPSA) is 86.7 Å². The van der Waals surface area contributed by atoms with Crippen molar-refractivity contribution in [2.75, 3.05) is 25.0 Å². The Hall–Kier alpha value is -2.01. The monoisotopic (exact) mass is 1040 g/mol. The maximum atomic E-state index is 11.7. The summed E-state index contributed by atoms with van der Waals surface area (Å²) in [6.07, 6.45) is 6.60. The van der Waals surface area contributed by atoms with Crippen molar-refractivity contribution in [3.05, 3.63) is 139 Å². The van der Waals surface area contributed by atoms with Gasteiger partial charge in [0.1, 0.15) is 0 Å². The molecule has 14 heteroatoms. The van der Waals surface area contributed by atoms with Crippen LogP contribution in [-0.2, 0) is 29.0 Å². The van der Waals surface area contributed by atoms with Gasteiger partial charge in [-0.3, -0.25) is 0 Å². The van der Waals surface area contributed by atoms with Crippen LogP contribution >= 0.6 is 68.0 Å². The molecule has 0 N–H and O–H groups in total. The third-order valence-electron chi connectivity index (χ3n) is 9.63. The molecule has 1 fully saturated rings. The van der Waals surface area contributed by atoms with Crippen LogP contribution in [0.5, 0.6) is 0 Å². The summed E-state index contributed by atoms with van der Waals surface area (Å²) in [4.78, 5) is 4.39. The molecular formula is C46H59BBr2O6S5. The number of halogens is 2. The van der Waals surface area contributed by atoms with Crippen LogP contribution in [0, 0.1) is 41.5 Å². The molecule has 0 aliphatic carbocycles. The predicted octanol–water partition coefficient (Wildman–Crippen LogP) is 12.6. The molecule has 0 aromatic heterocycles. The maximum absolute atomic E-state index is 11.7. The first-order valence-corrected chi connectivity index (χ1v) is 27.2. The van der Waals surface area contributed by atoms with Gasteiger partial charge in [0.05, 0.1) is 21.0 Å². The number of rotatable bonds is 5. The summed E-state index contributed by atoms with van der Waals surface area (Å²) in [5, 5.41) is 0. The largest absolute Gasteiger partial charge is 0.495 e. The summed E-state index contributed by atoms with van der Waals surface area (Å²) in [5.41, 5.74) is 6.66. The van der Waals surface area contributed by atoms with Crippen LogP contribution < -0.4 is 5.46 Å². The van der Waals surface area contributed by atoms with Gasteiger partial charge >= 0.3 is 7.12 Å². The fourth-order valence-corrected chi connectivity index (χ4v) is 8.73. The molecule has 0 saturated carbocycles. The van der Waals surface area contributed by atoms with E-state index < -0.39 is 38.0 Å². The summed E-state index contributed by atoms with van der Waals surface area (Å²) >= 11 is 14.5. The minimum atomic E-state index is -3.22. The molecule has 1 saturated heterocycles. The smallest absolute Gasteiger partial charge is 0.399 e. The number of hydrogen-bond acceptors (Lipinski definition) is 9. The van der Waals surface area contributed by atoms with E-state index in [1.165, 1.54) is 43.5 Å². The van der Waals surface area contributed by atoms with Gasteiger partial charge in [-0.25, -0.2) is 16.8 Å². The SMILES string of the molecule is CSc1ccc(Br)c(C)c1.CSc1cccc(C)c1.Cc1cc(S(C)(=O)=O)cc(C)c1B1OC(C)(C)C(C)(C)O1.Cc1cc(S(C)(=O)=O)ccc1Br.Cc1cccc(S)c1. The van der Waals surface area contributed by atoms with Crippen molar-refractivity contribution in [2.24, 2.45) is 0 Å². The zero-order valence-electron chi connectivity index (χ0n) is 37.1. The number of aryl methyl sites for hydroxylation is 6. The Morgan fingerprint density at radius 2 is 0.967 bits per heavy atom. The lowest BCUT2D eigenvalue weighted by Gasteiger charge is -2.32. The number of benzene rings is 5. The molecule has 1 aliphatic rings. The maximum Gasteiger partial charge on any atom is 0.495 e. The third-order valence-corrected chi connectivity index (χ3v) is 15.3. The van der Waals surface area contributed by atoms with Crippen LogP contribution in [0.3, 0.4) is 0 Å². The first-order valence-electron chi connectivity index (χ1n) is 18.9. The van der Waals surface area contributed by atoms with Gasteiger partial charge in [-0.2, -0.15) is 0 Å². The number of hydrogen-bond donors (Lipinski definition) is 1. The van der Waals surface area contributed by atoms with Gasteiger partial charge in [-0.15, -0.1) is 36.2 Å². The number of sulfone groups is 2. The van der Waals surface area contributed by atoms with E-state index in [-0.39, 0.29) is 0 Å². The average Bonchev–Trinajstić information content (AvgIpc) is 3.35. The van der Waals surface area contributed by atoms with Gasteiger partial charge in [0.25, 0.3) is 0 Å². The molecule has 0 spiro atoms. The van der Waals surface area contributed by atoms with E-state index in [0.717, 1.165) is 31.5 Å². The highest BCUT2D eigenvalue weighted by atomic mass is 79.9. The number of thioether (sulfide) groups is 2. The van der Waals surface area contributed by atoms with Crippen LogP contribution in [0.2, 0.25) is 0 Å². The van der Waals surface area contributed by atoms with Crippen molar-refractivity contribution in [3.63, 3.8) is 0 Å².